The maximum absolute atomic E-state index is 12.4. The van der Waals surface area contributed by atoms with E-state index >= 15 is 0 Å². The molecule has 0 aromatic heterocycles. The molecule has 0 bridgehead atoms. The van der Waals surface area contributed by atoms with E-state index in [4.69, 9.17) is 4.74 Å². The van der Waals surface area contributed by atoms with Gasteiger partial charge in [-0.3, -0.25) is 14.4 Å². The van der Waals surface area contributed by atoms with E-state index in [-0.39, 0.29) is 36.2 Å². The van der Waals surface area contributed by atoms with Crippen molar-refractivity contribution in [2.45, 2.75) is 46.0 Å². The number of hydrogen-bond donors (Lipinski definition) is 1. The number of carbonyl (C=O) groups is 3. The molecule has 0 unspecified atom stereocenters. The van der Waals surface area contributed by atoms with Crippen LogP contribution in [0.4, 0.5) is 0 Å². The molecule has 1 fully saturated rings. The molecule has 34 heavy (non-hydrogen) atoms. The summed E-state index contributed by atoms with van der Waals surface area (Å²) < 4.78 is 5.28. The van der Waals surface area contributed by atoms with Gasteiger partial charge in [0.05, 0.1) is 5.92 Å². The van der Waals surface area contributed by atoms with E-state index in [0.29, 0.717) is 32.5 Å². The van der Waals surface area contributed by atoms with E-state index in [9.17, 15) is 14.4 Å². The van der Waals surface area contributed by atoms with Gasteiger partial charge >= 0.3 is 5.97 Å². The minimum absolute atomic E-state index is 0.100. The molecule has 1 heterocycles. The summed E-state index contributed by atoms with van der Waals surface area (Å²) in [7, 11) is 0. The highest BCUT2D eigenvalue weighted by molar-refractivity contribution is 5.83. The maximum atomic E-state index is 12.4. The SMILES string of the molecule is CC(C)(C)C(=O)N1CCC(C(=O)OCC(=O)NCCC(c2ccccc2)c2ccccc2)CC1. The standard InChI is InChI=1S/C28H36N2O4/c1-28(2,3)27(33)30-18-15-23(16-19-30)26(32)34-20-25(31)29-17-14-24(21-10-6-4-7-11-21)22-12-8-5-9-13-22/h4-13,23-24H,14-20H2,1-3H3,(H,29,31). The molecule has 1 aliphatic rings. The second-order valence-corrected chi connectivity index (χ2v) is 9.94. The summed E-state index contributed by atoms with van der Waals surface area (Å²) in [6, 6.07) is 20.5. The van der Waals surface area contributed by atoms with E-state index in [2.05, 4.69) is 29.6 Å². The predicted molar refractivity (Wildman–Crippen MR) is 132 cm³/mol. The van der Waals surface area contributed by atoms with Crippen LogP contribution in [0.2, 0.25) is 0 Å². The molecule has 2 aromatic rings. The Bertz CT molecular complexity index is 906. The lowest BCUT2D eigenvalue weighted by molar-refractivity contribution is -0.155. The molecule has 1 N–H and O–H groups in total. The Hall–Kier alpha value is -3.15. The van der Waals surface area contributed by atoms with Crippen LogP contribution in [0.5, 0.6) is 0 Å². The van der Waals surface area contributed by atoms with Crippen molar-refractivity contribution in [1.82, 2.24) is 10.2 Å². The zero-order chi connectivity index (χ0) is 24.6. The lowest BCUT2D eigenvalue weighted by Gasteiger charge is -2.34. The quantitative estimate of drug-likeness (QED) is 0.596. The number of carbonyl (C=O) groups excluding carboxylic acids is 3. The largest absolute Gasteiger partial charge is 0.455 e. The summed E-state index contributed by atoms with van der Waals surface area (Å²) >= 11 is 0. The topological polar surface area (TPSA) is 75.7 Å². The van der Waals surface area contributed by atoms with E-state index in [1.54, 1.807) is 0 Å². The third kappa shape index (κ3) is 7.17. The van der Waals surface area contributed by atoms with Crippen LogP contribution in [0.25, 0.3) is 0 Å². The van der Waals surface area contributed by atoms with Gasteiger partial charge in [0.2, 0.25) is 5.91 Å². The number of rotatable bonds is 8. The van der Waals surface area contributed by atoms with Gasteiger partial charge in [-0.1, -0.05) is 81.4 Å². The lowest BCUT2D eigenvalue weighted by atomic mass is 9.88. The van der Waals surface area contributed by atoms with Crippen molar-refractivity contribution in [3.63, 3.8) is 0 Å². The average Bonchev–Trinajstić information content (AvgIpc) is 2.85. The number of nitrogens with zero attached hydrogens (tertiary/aromatic N) is 1. The second kappa shape index (κ2) is 11.8. The number of nitrogens with one attached hydrogen (secondary N) is 1. The third-order valence-electron chi connectivity index (χ3n) is 6.26. The van der Waals surface area contributed by atoms with Crippen LogP contribution in [0.3, 0.4) is 0 Å². The smallest absolute Gasteiger partial charge is 0.309 e. The number of esters is 1. The summed E-state index contributed by atoms with van der Waals surface area (Å²) in [5, 5.41) is 2.88. The first-order valence-electron chi connectivity index (χ1n) is 12.1. The summed E-state index contributed by atoms with van der Waals surface area (Å²) in [6.45, 7) is 6.99. The monoisotopic (exact) mass is 464 g/mol. The fraction of sp³-hybridized carbons (Fsp3) is 0.464. The average molecular weight is 465 g/mol. The van der Waals surface area contributed by atoms with Crippen molar-refractivity contribution in [2.24, 2.45) is 11.3 Å². The maximum Gasteiger partial charge on any atom is 0.309 e. The highest BCUT2D eigenvalue weighted by atomic mass is 16.5. The summed E-state index contributed by atoms with van der Waals surface area (Å²) in [6.07, 6.45) is 1.88. The van der Waals surface area contributed by atoms with Crippen molar-refractivity contribution in [3.05, 3.63) is 71.8 Å². The number of likely N-dealkylation sites (tertiary alicyclic amines) is 1. The number of piperidine rings is 1. The summed E-state index contributed by atoms with van der Waals surface area (Å²) in [5.41, 5.74) is 1.97. The lowest BCUT2D eigenvalue weighted by Crippen LogP contribution is -2.45. The van der Waals surface area contributed by atoms with E-state index in [1.165, 1.54) is 11.1 Å². The van der Waals surface area contributed by atoms with Crippen LogP contribution in [-0.4, -0.2) is 48.9 Å². The molecule has 0 spiro atoms. The van der Waals surface area contributed by atoms with E-state index in [1.807, 2.05) is 62.1 Å². The molecule has 1 saturated heterocycles. The van der Waals surface area contributed by atoms with Crippen LogP contribution in [0.15, 0.2) is 60.7 Å². The predicted octanol–water partition coefficient (Wildman–Crippen LogP) is 4.15. The van der Waals surface area contributed by atoms with Gasteiger partial charge in [-0.25, -0.2) is 0 Å². The minimum Gasteiger partial charge on any atom is -0.455 e. The van der Waals surface area contributed by atoms with Crippen LogP contribution in [0.1, 0.15) is 57.1 Å². The first-order chi connectivity index (χ1) is 16.3. The Labute approximate surface area is 202 Å². The van der Waals surface area contributed by atoms with Gasteiger partial charge in [0.1, 0.15) is 0 Å². The molecule has 6 heteroatoms. The van der Waals surface area contributed by atoms with Gasteiger partial charge < -0.3 is 15.0 Å². The Kier molecular flexibility index (Phi) is 8.85. The fourth-order valence-corrected chi connectivity index (χ4v) is 4.35. The van der Waals surface area contributed by atoms with E-state index in [0.717, 1.165) is 6.42 Å². The molecule has 0 aliphatic carbocycles. The van der Waals surface area contributed by atoms with Gasteiger partial charge in [0, 0.05) is 31.0 Å². The molecule has 0 atom stereocenters. The minimum atomic E-state index is -0.425. The van der Waals surface area contributed by atoms with Crippen LogP contribution in [-0.2, 0) is 19.1 Å². The zero-order valence-corrected chi connectivity index (χ0v) is 20.5. The van der Waals surface area contributed by atoms with Crippen molar-refractivity contribution in [2.75, 3.05) is 26.2 Å². The normalized spacial score (nSPS) is 14.6. The Balaban J connectivity index is 1.42. The molecular weight excluding hydrogens is 428 g/mol. The molecule has 0 radical (unpaired) electrons. The molecular formula is C28H36N2O4. The van der Waals surface area contributed by atoms with Crippen molar-refractivity contribution in [3.8, 4) is 0 Å². The Morgan fingerprint density at radius 3 is 1.97 bits per heavy atom. The molecule has 2 amide bonds. The van der Waals surface area contributed by atoms with Gasteiger partial charge in [-0.2, -0.15) is 0 Å². The first kappa shape index (κ1) is 25.5. The summed E-state index contributed by atoms with van der Waals surface area (Å²) in [5.74, 6) is -0.648. The molecule has 1 aliphatic heterocycles. The number of amides is 2. The number of hydrogen-bond acceptors (Lipinski definition) is 4. The number of ether oxygens (including phenoxy) is 1. The van der Waals surface area contributed by atoms with E-state index < -0.39 is 5.41 Å². The highest BCUT2D eigenvalue weighted by Gasteiger charge is 2.33. The molecule has 182 valence electrons. The van der Waals surface area contributed by atoms with Crippen LogP contribution >= 0.6 is 0 Å². The Morgan fingerprint density at radius 1 is 0.941 bits per heavy atom. The molecule has 2 aromatic carbocycles. The Morgan fingerprint density at radius 2 is 1.47 bits per heavy atom. The van der Waals surface area contributed by atoms with Gasteiger partial charge in [0.25, 0.3) is 5.91 Å². The molecule has 6 nitrogen and oxygen atoms in total. The number of benzene rings is 2. The van der Waals surface area contributed by atoms with Crippen LogP contribution in [0, 0.1) is 11.3 Å². The van der Waals surface area contributed by atoms with Crippen molar-refractivity contribution in [1.29, 1.82) is 0 Å². The van der Waals surface area contributed by atoms with Crippen molar-refractivity contribution < 1.29 is 19.1 Å². The third-order valence-corrected chi connectivity index (χ3v) is 6.26. The fourth-order valence-electron chi connectivity index (χ4n) is 4.35. The highest BCUT2D eigenvalue weighted by Crippen LogP contribution is 2.27. The van der Waals surface area contributed by atoms with Crippen molar-refractivity contribution >= 4 is 17.8 Å². The van der Waals surface area contributed by atoms with Crippen LogP contribution < -0.4 is 5.32 Å². The summed E-state index contributed by atoms with van der Waals surface area (Å²) in [4.78, 5) is 38.9. The van der Waals surface area contributed by atoms with Gasteiger partial charge in [0.15, 0.2) is 6.61 Å². The first-order valence-corrected chi connectivity index (χ1v) is 12.1. The molecule has 3 rings (SSSR count). The zero-order valence-electron chi connectivity index (χ0n) is 20.5. The van der Waals surface area contributed by atoms with Gasteiger partial charge in [-0.15, -0.1) is 0 Å². The second-order valence-electron chi connectivity index (χ2n) is 9.94. The van der Waals surface area contributed by atoms with Gasteiger partial charge in [-0.05, 0) is 30.4 Å². The molecule has 0 saturated carbocycles.